The van der Waals surface area contributed by atoms with Gasteiger partial charge in [0, 0.05) is 17.3 Å². The fraction of sp³-hybridized carbons (Fsp3) is 0.0833. The van der Waals surface area contributed by atoms with Gasteiger partial charge in [-0.2, -0.15) is 0 Å². The van der Waals surface area contributed by atoms with Crippen LogP contribution in [0.1, 0.15) is 15.9 Å². The van der Waals surface area contributed by atoms with Crippen molar-refractivity contribution in [1.29, 1.82) is 0 Å². The van der Waals surface area contributed by atoms with Crippen LogP contribution >= 0.6 is 0 Å². The SMILES string of the molecule is O=C(O)CN=CC1=C(O)c2ccccc2C1=O. The lowest BCUT2D eigenvalue weighted by molar-refractivity contribution is -0.135. The first-order valence-corrected chi connectivity index (χ1v) is 4.90. The highest BCUT2D eigenvalue weighted by Crippen LogP contribution is 2.29. The van der Waals surface area contributed by atoms with E-state index in [0.29, 0.717) is 11.1 Å². The number of aliphatic imine (C=N–C) groups is 1. The Morgan fingerprint density at radius 3 is 2.53 bits per heavy atom. The number of rotatable bonds is 3. The molecule has 0 bridgehead atoms. The minimum absolute atomic E-state index is 0.0347. The summed E-state index contributed by atoms with van der Waals surface area (Å²) in [6.07, 6.45) is 1.10. The minimum atomic E-state index is -1.09. The molecule has 86 valence electrons. The monoisotopic (exact) mass is 231 g/mol. The summed E-state index contributed by atoms with van der Waals surface area (Å²) in [6.45, 7) is -0.430. The number of benzene rings is 1. The van der Waals surface area contributed by atoms with Gasteiger partial charge in [0.15, 0.2) is 5.78 Å². The summed E-state index contributed by atoms with van der Waals surface area (Å²) in [4.78, 5) is 25.7. The first-order chi connectivity index (χ1) is 8.11. The summed E-state index contributed by atoms with van der Waals surface area (Å²) in [7, 11) is 0. The van der Waals surface area contributed by atoms with Gasteiger partial charge in [-0.25, -0.2) is 0 Å². The lowest BCUT2D eigenvalue weighted by Gasteiger charge is -1.95. The van der Waals surface area contributed by atoms with Gasteiger partial charge in [-0.3, -0.25) is 14.6 Å². The van der Waals surface area contributed by atoms with Crippen molar-refractivity contribution >= 4 is 23.7 Å². The van der Waals surface area contributed by atoms with Crippen LogP contribution in [-0.4, -0.2) is 34.7 Å². The second kappa shape index (κ2) is 4.21. The molecule has 0 aromatic heterocycles. The van der Waals surface area contributed by atoms with Gasteiger partial charge in [-0.1, -0.05) is 24.3 Å². The highest BCUT2D eigenvalue weighted by Gasteiger charge is 2.27. The Labute approximate surface area is 96.7 Å². The number of carbonyl (C=O) groups excluding carboxylic acids is 1. The third-order valence-electron chi connectivity index (χ3n) is 2.37. The van der Waals surface area contributed by atoms with Crippen LogP contribution in [0.4, 0.5) is 0 Å². The number of carboxylic acids is 1. The zero-order chi connectivity index (χ0) is 12.4. The van der Waals surface area contributed by atoms with Gasteiger partial charge in [0.25, 0.3) is 0 Å². The number of nitrogens with zero attached hydrogens (tertiary/aromatic N) is 1. The normalized spacial score (nSPS) is 14.5. The van der Waals surface area contributed by atoms with Crippen molar-refractivity contribution < 1.29 is 19.8 Å². The Bertz CT molecular complexity index is 557. The van der Waals surface area contributed by atoms with Gasteiger partial charge in [0.1, 0.15) is 12.3 Å². The van der Waals surface area contributed by atoms with Gasteiger partial charge >= 0.3 is 5.97 Å². The maximum atomic E-state index is 11.8. The molecule has 1 aromatic carbocycles. The molecule has 1 aliphatic rings. The topological polar surface area (TPSA) is 87.0 Å². The predicted molar refractivity (Wildman–Crippen MR) is 61.3 cm³/mol. The molecule has 0 saturated carbocycles. The van der Waals surface area contributed by atoms with Crippen LogP contribution in [0.3, 0.4) is 0 Å². The van der Waals surface area contributed by atoms with Crippen LogP contribution in [-0.2, 0) is 4.79 Å². The Morgan fingerprint density at radius 1 is 1.29 bits per heavy atom. The van der Waals surface area contributed by atoms with E-state index in [9.17, 15) is 14.7 Å². The lowest BCUT2D eigenvalue weighted by atomic mass is 10.1. The third kappa shape index (κ3) is 1.94. The predicted octanol–water partition coefficient (Wildman–Crippen LogP) is 1.31. The molecule has 2 N–H and O–H groups in total. The summed E-state index contributed by atoms with van der Waals surface area (Å²) >= 11 is 0. The fourth-order valence-corrected chi connectivity index (χ4v) is 1.62. The smallest absolute Gasteiger partial charge is 0.325 e. The summed E-state index contributed by atoms with van der Waals surface area (Å²) < 4.78 is 0. The van der Waals surface area contributed by atoms with Gasteiger partial charge in [-0.15, -0.1) is 0 Å². The zero-order valence-corrected chi connectivity index (χ0v) is 8.75. The highest BCUT2D eigenvalue weighted by atomic mass is 16.4. The summed E-state index contributed by atoms with van der Waals surface area (Å²) in [6, 6.07) is 6.63. The van der Waals surface area contributed by atoms with Crippen molar-refractivity contribution in [3.05, 3.63) is 41.0 Å². The van der Waals surface area contributed by atoms with Crippen molar-refractivity contribution in [1.82, 2.24) is 0 Å². The molecule has 0 heterocycles. The molecule has 0 saturated heterocycles. The Morgan fingerprint density at radius 2 is 1.94 bits per heavy atom. The maximum absolute atomic E-state index is 11.8. The molecule has 5 heteroatoms. The molecule has 0 spiro atoms. The number of hydrogen-bond acceptors (Lipinski definition) is 4. The molecule has 0 aliphatic heterocycles. The van der Waals surface area contributed by atoms with Crippen LogP contribution in [0.2, 0.25) is 0 Å². The van der Waals surface area contributed by atoms with Crippen LogP contribution in [0.5, 0.6) is 0 Å². The quantitative estimate of drug-likeness (QED) is 0.768. The molecule has 0 amide bonds. The number of aliphatic hydroxyl groups is 1. The van der Waals surface area contributed by atoms with E-state index in [1.165, 1.54) is 0 Å². The first kappa shape index (κ1) is 11.1. The average Bonchev–Trinajstić information content (AvgIpc) is 2.54. The number of carbonyl (C=O) groups is 2. The molecule has 17 heavy (non-hydrogen) atoms. The Hall–Kier alpha value is -2.43. The van der Waals surface area contributed by atoms with Crippen LogP contribution in [0.15, 0.2) is 34.8 Å². The second-order valence-electron chi connectivity index (χ2n) is 3.50. The van der Waals surface area contributed by atoms with Crippen LogP contribution in [0, 0.1) is 0 Å². The molecule has 0 fully saturated rings. The van der Waals surface area contributed by atoms with E-state index in [-0.39, 0.29) is 17.1 Å². The van der Waals surface area contributed by atoms with Crippen molar-refractivity contribution in [2.45, 2.75) is 0 Å². The van der Waals surface area contributed by atoms with E-state index in [1.807, 2.05) is 0 Å². The second-order valence-corrected chi connectivity index (χ2v) is 3.50. The van der Waals surface area contributed by atoms with Crippen molar-refractivity contribution in [3.63, 3.8) is 0 Å². The number of carboxylic acid groups (broad SMARTS) is 1. The standard InChI is InChI=1S/C12H9NO4/c14-10(15)6-13-5-9-11(16)7-3-1-2-4-8(7)12(9)17/h1-5,16H,6H2,(H,14,15). The van der Waals surface area contributed by atoms with E-state index in [4.69, 9.17) is 5.11 Å². The minimum Gasteiger partial charge on any atom is -0.506 e. The van der Waals surface area contributed by atoms with Crippen LogP contribution in [0.25, 0.3) is 5.76 Å². The third-order valence-corrected chi connectivity index (χ3v) is 2.37. The van der Waals surface area contributed by atoms with Crippen molar-refractivity contribution in [3.8, 4) is 0 Å². The summed E-state index contributed by atoms with van der Waals surface area (Å²) in [5, 5.41) is 18.2. The average molecular weight is 231 g/mol. The molecule has 5 nitrogen and oxygen atoms in total. The molecule has 0 unspecified atom stereocenters. The molecular weight excluding hydrogens is 222 g/mol. The van der Waals surface area contributed by atoms with E-state index in [0.717, 1.165) is 6.21 Å². The van der Waals surface area contributed by atoms with Crippen molar-refractivity contribution in [2.75, 3.05) is 6.54 Å². The zero-order valence-electron chi connectivity index (χ0n) is 8.75. The number of aliphatic hydroxyl groups excluding tert-OH is 1. The highest BCUT2D eigenvalue weighted by molar-refractivity contribution is 6.30. The molecule has 2 rings (SSSR count). The molecule has 1 aliphatic carbocycles. The van der Waals surface area contributed by atoms with E-state index < -0.39 is 12.5 Å². The molecular formula is C12H9NO4. The molecule has 0 radical (unpaired) electrons. The number of fused-ring (bicyclic) bond motifs is 1. The van der Waals surface area contributed by atoms with E-state index in [1.54, 1.807) is 24.3 Å². The maximum Gasteiger partial charge on any atom is 0.325 e. The van der Waals surface area contributed by atoms with Gasteiger partial charge in [0.2, 0.25) is 0 Å². The number of aliphatic carboxylic acids is 1. The van der Waals surface area contributed by atoms with Gasteiger partial charge in [0.05, 0.1) is 5.57 Å². The molecule has 0 atom stereocenters. The number of Topliss-reactive ketones (excluding diaryl/α,β-unsaturated/α-hetero) is 1. The lowest BCUT2D eigenvalue weighted by Crippen LogP contribution is -2.03. The van der Waals surface area contributed by atoms with Crippen LogP contribution < -0.4 is 0 Å². The summed E-state index contributed by atoms with van der Waals surface area (Å²) in [5.41, 5.74) is 0.892. The van der Waals surface area contributed by atoms with E-state index in [2.05, 4.69) is 4.99 Å². The first-order valence-electron chi connectivity index (χ1n) is 4.90. The number of allylic oxidation sites excluding steroid dienone is 1. The largest absolute Gasteiger partial charge is 0.506 e. The summed E-state index contributed by atoms with van der Waals surface area (Å²) in [5.74, 6) is -1.59. The van der Waals surface area contributed by atoms with E-state index >= 15 is 0 Å². The van der Waals surface area contributed by atoms with Gasteiger partial charge in [-0.05, 0) is 0 Å². The fourth-order valence-electron chi connectivity index (χ4n) is 1.62. The Balaban J connectivity index is 2.32. The number of ketones is 1. The van der Waals surface area contributed by atoms with Crippen molar-refractivity contribution in [2.24, 2.45) is 4.99 Å². The Kier molecular flexibility index (Phi) is 2.74. The number of hydrogen-bond donors (Lipinski definition) is 2. The molecule has 1 aromatic rings. The van der Waals surface area contributed by atoms with Gasteiger partial charge < -0.3 is 10.2 Å².